The number of halogens is 3. The molecule has 12 heteroatoms. The molecule has 1 aliphatic rings. The van der Waals surface area contributed by atoms with Gasteiger partial charge in [-0.3, -0.25) is 19.4 Å². The fourth-order valence-corrected chi connectivity index (χ4v) is 4.81. The van der Waals surface area contributed by atoms with E-state index in [1.165, 1.54) is 0 Å². The molecule has 0 saturated carbocycles. The molecule has 220 valence electrons. The van der Waals surface area contributed by atoms with E-state index in [0.29, 0.717) is 42.9 Å². The number of aromatic nitrogens is 2. The molecule has 2 heterocycles. The fourth-order valence-electron chi connectivity index (χ4n) is 4.81. The highest BCUT2D eigenvalue weighted by molar-refractivity contribution is 6.05. The summed E-state index contributed by atoms with van der Waals surface area (Å²) in [5, 5.41) is 18.3. The maximum atomic E-state index is 13.7. The highest BCUT2D eigenvalue weighted by Gasteiger charge is 2.32. The zero-order valence-corrected chi connectivity index (χ0v) is 23.6. The molecule has 9 nitrogen and oxygen atoms in total. The number of nitrogens with two attached hydrogens (primary N) is 1. The first-order valence-corrected chi connectivity index (χ1v) is 13.3. The number of carbonyl (C=O) groups is 1. The van der Waals surface area contributed by atoms with E-state index in [-0.39, 0.29) is 23.9 Å². The van der Waals surface area contributed by atoms with Crippen LogP contribution in [0.25, 0.3) is 5.70 Å². The quantitative estimate of drug-likeness (QED) is 0.301. The van der Waals surface area contributed by atoms with Crippen LogP contribution < -0.4 is 21.5 Å². The summed E-state index contributed by atoms with van der Waals surface area (Å²) in [6.07, 6.45) is -0.449. The molecule has 5 N–H and O–H groups in total. The molecule has 4 rings (SSSR count). The van der Waals surface area contributed by atoms with Crippen LogP contribution in [0.5, 0.6) is 0 Å². The summed E-state index contributed by atoms with van der Waals surface area (Å²) < 4.78 is 42.9. The molecule has 2 aromatic carbocycles. The topological polar surface area (TPSA) is 112 Å². The maximum absolute atomic E-state index is 13.7. The monoisotopic (exact) mass is 571 g/mol. The van der Waals surface area contributed by atoms with E-state index in [4.69, 9.17) is 5.73 Å². The highest BCUT2D eigenvalue weighted by Crippen LogP contribution is 2.33. The molecule has 3 aromatic rings. The molecule has 0 radical (unpaired) electrons. The van der Waals surface area contributed by atoms with Gasteiger partial charge in [0.2, 0.25) is 0 Å². The number of likely N-dealkylation sites (tertiary alicyclic amines) is 1. The van der Waals surface area contributed by atoms with Crippen LogP contribution in [0, 0.1) is 13.8 Å². The second kappa shape index (κ2) is 12.3. The molecule has 1 aromatic heterocycles. The summed E-state index contributed by atoms with van der Waals surface area (Å²) in [6.45, 7) is 5.24. The normalized spacial score (nSPS) is 15.3. The number of anilines is 2. The van der Waals surface area contributed by atoms with Gasteiger partial charge in [-0.15, -0.1) is 0 Å². The van der Waals surface area contributed by atoms with Gasteiger partial charge in [-0.1, -0.05) is 6.07 Å². The molecule has 0 spiro atoms. The number of benzene rings is 2. The van der Waals surface area contributed by atoms with E-state index in [2.05, 4.69) is 15.8 Å². The van der Waals surface area contributed by atoms with Crippen LogP contribution in [0.2, 0.25) is 0 Å². The van der Waals surface area contributed by atoms with Crippen LogP contribution in [0.4, 0.5) is 24.5 Å². The van der Waals surface area contributed by atoms with Gasteiger partial charge in [-0.25, -0.2) is 5.43 Å². The molecule has 0 unspecified atom stereocenters. The number of aliphatic hydroxyl groups excluding tert-OH is 1. The summed E-state index contributed by atoms with van der Waals surface area (Å²) in [6, 6.07) is 8.64. The van der Waals surface area contributed by atoms with Crippen molar-refractivity contribution in [2.75, 3.05) is 30.5 Å². The largest absolute Gasteiger partial charge is 0.416 e. The van der Waals surface area contributed by atoms with E-state index in [9.17, 15) is 23.1 Å². The first-order chi connectivity index (χ1) is 19.3. The molecule has 0 bridgehead atoms. The van der Waals surface area contributed by atoms with Gasteiger partial charge in [0.1, 0.15) is 0 Å². The standard InChI is InChI=1S/C29H36F3N7O2/c1-18-5-6-21(13-27(18)39(34-3)17-26(33)25-15-35-37(4)19(25)2)28(41)36-23-12-20(11-22(14-23)29(30,31)32)16-38-9-7-24(40)8-10-38/h5-6,11-15,17,24,34,40H,7-10,16,33H2,1-4H3,(H,36,41)/b26-17-. The van der Waals surface area contributed by atoms with E-state index >= 15 is 0 Å². The van der Waals surface area contributed by atoms with E-state index < -0.39 is 17.6 Å². The number of aliphatic hydroxyl groups is 1. The summed E-state index contributed by atoms with van der Waals surface area (Å²) in [4.78, 5) is 15.3. The van der Waals surface area contributed by atoms with E-state index in [1.54, 1.807) is 53.4 Å². The number of rotatable bonds is 8. The van der Waals surface area contributed by atoms with Crippen molar-refractivity contribution in [3.05, 3.63) is 82.3 Å². The van der Waals surface area contributed by atoms with Crippen molar-refractivity contribution in [2.24, 2.45) is 12.8 Å². The number of amides is 1. The van der Waals surface area contributed by atoms with Crippen molar-refractivity contribution >= 4 is 23.0 Å². The Kier molecular flexibility index (Phi) is 9.05. The van der Waals surface area contributed by atoms with Crippen LogP contribution in [0.15, 0.2) is 48.8 Å². The third-order valence-corrected chi connectivity index (χ3v) is 7.33. The number of hydrogen-bond donors (Lipinski definition) is 4. The lowest BCUT2D eigenvalue weighted by Gasteiger charge is -2.29. The Balaban J connectivity index is 1.59. The third kappa shape index (κ3) is 7.26. The molecule has 1 fully saturated rings. The minimum atomic E-state index is -4.57. The number of nitrogens with zero attached hydrogens (tertiary/aromatic N) is 4. The predicted molar refractivity (Wildman–Crippen MR) is 153 cm³/mol. The molecule has 41 heavy (non-hydrogen) atoms. The van der Waals surface area contributed by atoms with Gasteiger partial charge in [0.15, 0.2) is 0 Å². The average Bonchev–Trinajstić information content (AvgIpc) is 3.26. The predicted octanol–water partition coefficient (Wildman–Crippen LogP) is 4.16. The highest BCUT2D eigenvalue weighted by atomic mass is 19.4. The van der Waals surface area contributed by atoms with Gasteiger partial charge in [-0.05, 0) is 68.1 Å². The van der Waals surface area contributed by atoms with Crippen molar-refractivity contribution in [2.45, 2.75) is 45.5 Å². The number of hydrazine groups is 1. The minimum absolute atomic E-state index is 0.0562. The van der Waals surface area contributed by atoms with Gasteiger partial charge in [0.25, 0.3) is 5.91 Å². The molecule has 1 saturated heterocycles. The van der Waals surface area contributed by atoms with E-state index in [0.717, 1.165) is 29.0 Å². The van der Waals surface area contributed by atoms with Crippen molar-refractivity contribution in [1.29, 1.82) is 0 Å². The number of carbonyl (C=O) groups excluding carboxylic acids is 1. The van der Waals surface area contributed by atoms with Crippen LogP contribution in [-0.4, -0.2) is 51.9 Å². The SMILES string of the molecule is CNN(/C=C(\N)c1cnn(C)c1C)c1cc(C(=O)Nc2cc(CN3CCC(O)CC3)cc(C(F)(F)F)c2)ccc1C. The van der Waals surface area contributed by atoms with Crippen LogP contribution in [-0.2, 0) is 19.8 Å². The van der Waals surface area contributed by atoms with Crippen molar-refractivity contribution in [1.82, 2.24) is 20.1 Å². The second-order valence-electron chi connectivity index (χ2n) is 10.3. The maximum Gasteiger partial charge on any atom is 0.416 e. The number of piperidine rings is 1. The molecule has 1 aliphatic heterocycles. The first-order valence-electron chi connectivity index (χ1n) is 13.3. The Bertz CT molecular complexity index is 1430. The van der Waals surface area contributed by atoms with Crippen molar-refractivity contribution in [3.8, 4) is 0 Å². The van der Waals surface area contributed by atoms with Gasteiger partial charge in [0, 0.05) is 62.4 Å². The minimum Gasteiger partial charge on any atom is -0.397 e. The zero-order chi connectivity index (χ0) is 29.9. The Labute approximate surface area is 237 Å². The van der Waals surface area contributed by atoms with Gasteiger partial charge < -0.3 is 16.2 Å². The second-order valence-corrected chi connectivity index (χ2v) is 10.3. The van der Waals surface area contributed by atoms with Crippen LogP contribution in [0.1, 0.15) is 51.1 Å². The summed E-state index contributed by atoms with van der Waals surface area (Å²) >= 11 is 0. The van der Waals surface area contributed by atoms with Gasteiger partial charge >= 0.3 is 6.18 Å². The smallest absolute Gasteiger partial charge is 0.397 e. The number of nitrogens with one attached hydrogen (secondary N) is 2. The summed E-state index contributed by atoms with van der Waals surface area (Å²) in [7, 11) is 3.53. The van der Waals surface area contributed by atoms with Gasteiger partial charge in [0.05, 0.1) is 29.2 Å². The lowest BCUT2D eigenvalue weighted by atomic mass is 10.0. The zero-order valence-electron chi connectivity index (χ0n) is 23.6. The third-order valence-electron chi connectivity index (χ3n) is 7.33. The lowest BCUT2D eigenvalue weighted by Crippen LogP contribution is -2.35. The first kappa shape index (κ1) is 30.1. The van der Waals surface area contributed by atoms with E-state index in [1.807, 2.05) is 25.8 Å². The Morgan fingerprint density at radius 2 is 1.90 bits per heavy atom. The molecule has 1 amide bonds. The van der Waals surface area contributed by atoms with Gasteiger partial charge in [-0.2, -0.15) is 18.3 Å². The molecular formula is C29H36F3N7O2. The molecular weight excluding hydrogens is 535 g/mol. The molecule has 0 aliphatic carbocycles. The fraction of sp³-hybridized carbons (Fsp3) is 0.379. The molecule has 0 atom stereocenters. The lowest BCUT2D eigenvalue weighted by molar-refractivity contribution is -0.137. The van der Waals surface area contributed by atoms with Crippen molar-refractivity contribution < 1.29 is 23.1 Å². The number of hydrogen-bond acceptors (Lipinski definition) is 7. The Hall–Kier alpha value is -3.87. The number of alkyl halides is 3. The summed E-state index contributed by atoms with van der Waals surface area (Å²) in [5.74, 6) is -0.547. The average molecular weight is 572 g/mol. The summed E-state index contributed by atoms with van der Waals surface area (Å²) in [5.41, 5.74) is 12.9. The van der Waals surface area contributed by atoms with Crippen LogP contribution >= 0.6 is 0 Å². The van der Waals surface area contributed by atoms with Crippen LogP contribution in [0.3, 0.4) is 0 Å². The Morgan fingerprint density at radius 3 is 2.51 bits per heavy atom. The van der Waals surface area contributed by atoms with Crippen molar-refractivity contribution in [3.63, 3.8) is 0 Å². The Morgan fingerprint density at radius 1 is 1.20 bits per heavy atom. The number of aryl methyl sites for hydroxylation is 2.